The van der Waals surface area contributed by atoms with E-state index in [0.29, 0.717) is 29.2 Å². The number of methoxy groups -OCH3 is 2. The van der Waals surface area contributed by atoms with Crippen molar-refractivity contribution in [1.82, 2.24) is 10.2 Å². The first-order valence-electron chi connectivity index (χ1n) is 12.9. The fraction of sp³-hybridized carbons (Fsp3) is 0.0909. The highest BCUT2D eigenvalue weighted by molar-refractivity contribution is 6.17. The number of carboxylic acids is 1. The zero-order chi connectivity index (χ0) is 28.6. The smallest absolute Gasteiger partial charge is 0.336 e. The lowest BCUT2D eigenvalue weighted by atomic mass is 9.97. The Morgan fingerprint density at radius 2 is 1.46 bits per heavy atom. The van der Waals surface area contributed by atoms with E-state index in [4.69, 9.17) is 14.6 Å². The summed E-state index contributed by atoms with van der Waals surface area (Å²) >= 11 is 0. The molecule has 0 bridgehead atoms. The summed E-state index contributed by atoms with van der Waals surface area (Å²) in [5, 5.41) is 23.5. The standard InChI is InChI=1S/C33H28N4O4/c1-40-26-18-16-22(17-19-26)29-21-25(20-24-12-6-9-15-30(24)41-2)32(36-34-29)37-35-31(23-10-4-3-5-11-23)27-13-7-8-14-28(27)33(38)39/h3-19,21H,20H2,1-2H3,(H,36,37)(H,38,39)/b35-31-. The molecule has 8 heteroatoms. The van der Waals surface area contributed by atoms with Crippen molar-refractivity contribution in [3.05, 3.63) is 137 Å². The number of hydrazone groups is 1. The fourth-order valence-electron chi connectivity index (χ4n) is 4.48. The number of benzene rings is 4. The second-order valence-electron chi connectivity index (χ2n) is 9.11. The number of hydrogen-bond acceptors (Lipinski definition) is 7. The van der Waals surface area contributed by atoms with E-state index in [2.05, 4.69) is 15.6 Å². The normalized spacial score (nSPS) is 11.1. The summed E-state index contributed by atoms with van der Waals surface area (Å²) in [6.07, 6.45) is 0.493. The van der Waals surface area contributed by atoms with Crippen LogP contribution in [0.3, 0.4) is 0 Å². The zero-order valence-corrected chi connectivity index (χ0v) is 22.6. The van der Waals surface area contributed by atoms with E-state index in [1.807, 2.05) is 84.9 Å². The predicted molar refractivity (Wildman–Crippen MR) is 159 cm³/mol. The minimum Gasteiger partial charge on any atom is -0.497 e. The number of hydrogen-bond donors (Lipinski definition) is 2. The number of aromatic carboxylic acids is 1. The molecule has 0 unspecified atom stereocenters. The molecular weight excluding hydrogens is 516 g/mol. The molecule has 8 nitrogen and oxygen atoms in total. The quantitative estimate of drug-likeness (QED) is 0.157. The Bertz CT molecular complexity index is 1690. The first-order chi connectivity index (χ1) is 20.1. The first kappa shape index (κ1) is 27.1. The highest BCUT2D eigenvalue weighted by Gasteiger charge is 2.17. The van der Waals surface area contributed by atoms with E-state index >= 15 is 0 Å². The van der Waals surface area contributed by atoms with Crippen molar-refractivity contribution in [2.75, 3.05) is 19.6 Å². The van der Waals surface area contributed by atoms with Gasteiger partial charge in [0.15, 0.2) is 5.82 Å². The van der Waals surface area contributed by atoms with Crippen LogP contribution < -0.4 is 14.9 Å². The number of aromatic nitrogens is 2. The molecule has 1 heterocycles. The lowest BCUT2D eigenvalue weighted by Crippen LogP contribution is -2.13. The summed E-state index contributed by atoms with van der Waals surface area (Å²) in [7, 11) is 3.27. The third-order valence-corrected chi connectivity index (χ3v) is 6.57. The van der Waals surface area contributed by atoms with Crippen LogP contribution >= 0.6 is 0 Å². The van der Waals surface area contributed by atoms with Gasteiger partial charge >= 0.3 is 5.97 Å². The van der Waals surface area contributed by atoms with Crippen LogP contribution in [0, 0.1) is 0 Å². The van der Waals surface area contributed by atoms with Crippen LogP contribution in [-0.4, -0.2) is 41.2 Å². The molecule has 0 saturated heterocycles. The number of anilines is 1. The number of nitrogens with one attached hydrogen (secondary N) is 1. The fourth-order valence-corrected chi connectivity index (χ4v) is 4.48. The highest BCUT2D eigenvalue weighted by atomic mass is 16.5. The van der Waals surface area contributed by atoms with Crippen molar-refractivity contribution in [1.29, 1.82) is 0 Å². The van der Waals surface area contributed by atoms with Gasteiger partial charge in [0, 0.05) is 28.7 Å². The SMILES string of the molecule is COc1ccc(-c2cc(Cc3ccccc3OC)c(N/N=C(/c3ccccc3)c3ccccc3C(=O)O)nn2)cc1. The van der Waals surface area contributed by atoms with Gasteiger partial charge in [0.1, 0.15) is 11.5 Å². The first-order valence-corrected chi connectivity index (χ1v) is 12.9. The molecule has 1 aromatic heterocycles. The Morgan fingerprint density at radius 3 is 2.17 bits per heavy atom. The molecule has 0 atom stereocenters. The maximum atomic E-state index is 12.0. The zero-order valence-electron chi connectivity index (χ0n) is 22.6. The van der Waals surface area contributed by atoms with Crippen LogP contribution in [0.4, 0.5) is 5.82 Å². The molecular formula is C33H28N4O4. The number of ether oxygens (including phenoxy) is 2. The summed E-state index contributed by atoms with van der Waals surface area (Å²) < 4.78 is 10.9. The lowest BCUT2D eigenvalue weighted by molar-refractivity contribution is 0.0696. The Morgan fingerprint density at radius 1 is 0.780 bits per heavy atom. The summed E-state index contributed by atoms with van der Waals surface area (Å²) in [5.41, 5.74) is 8.31. The van der Waals surface area contributed by atoms with E-state index in [0.717, 1.165) is 33.8 Å². The van der Waals surface area contributed by atoms with Crippen molar-refractivity contribution in [2.24, 2.45) is 5.10 Å². The van der Waals surface area contributed by atoms with Crippen molar-refractivity contribution in [3.8, 4) is 22.8 Å². The van der Waals surface area contributed by atoms with Gasteiger partial charge in [-0.3, -0.25) is 5.43 Å². The molecule has 0 saturated carbocycles. The minimum absolute atomic E-state index is 0.145. The molecule has 4 aromatic carbocycles. The second-order valence-corrected chi connectivity index (χ2v) is 9.11. The van der Waals surface area contributed by atoms with Gasteiger partial charge in [-0.15, -0.1) is 10.2 Å². The molecule has 0 spiro atoms. The highest BCUT2D eigenvalue weighted by Crippen LogP contribution is 2.28. The van der Waals surface area contributed by atoms with Crippen molar-refractivity contribution < 1.29 is 19.4 Å². The molecule has 0 radical (unpaired) electrons. The van der Waals surface area contributed by atoms with Crippen LogP contribution in [0.2, 0.25) is 0 Å². The van der Waals surface area contributed by atoms with Crippen molar-refractivity contribution >= 4 is 17.5 Å². The van der Waals surface area contributed by atoms with Crippen LogP contribution in [0.5, 0.6) is 11.5 Å². The number of carbonyl (C=O) groups is 1. The van der Waals surface area contributed by atoms with Gasteiger partial charge in [-0.25, -0.2) is 4.79 Å². The average molecular weight is 545 g/mol. The summed E-state index contributed by atoms with van der Waals surface area (Å²) in [5.74, 6) is 0.905. The van der Waals surface area contributed by atoms with E-state index in [-0.39, 0.29) is 5.56 Å². The third kappa shape index (κ3) is 6.23. The Labute approximate surface area is 237 Å². The number of rotatable bonds is 10. The maximum Gasteiger partial charge on any atom is 0.336 e. The van der Waals surface area contributed by atoms with E-state index < -0.39 is 5.97 Å². The maximum absolute atomic E-state index is 12.0. The molecule has 0 aliphatic heterocycles. The molecule has 0 aliphatic rings. The van der Waals surface area contributed by atoms with Gasteiger partial charge in [-0.2, -0.15) is 5.10 Å². The van der Waals surface area contributed by atoms with Crippen LogP contribution in [0.1, 0.15) is 32.6 Å². The van der Waals surface area contributed by atoms with Gasteiger partial charge in [-0.1, -0.05) is 66.7 Å². The van der Waals surface area contributed by atoms with Gasteiger partial charge in [0.2, 0.25) is 0 Å². The molecule has 41 heavy (non-hydrogen) atoms. The number of carboxylic acid groups (broad SMARTS) is 1. The Hall–Kier alpha value is -5.50. The molecule has 0 aliphatic carbocycles. The molecule has 204 valence electrons. The van der Waals surface area contributed by atoms with Crippen LogP contribution in [0.25, 0.3) is 11.3 Å². The molecule has 5 rings (SSSR count). The van der Waals surface area contributed by atoms with Crippen LogP contribution in [0.15, 0.2) is 114 Å². The molecule has 5 aromatic rings. The summed E-state index contributed by atoms with van der Waals surface area (Å²) in [6, 6.07) is 33.6. The molecule has 0 amide bonds. The summed E-state index contributed by atoms with van der Waals surface area (Å²) in [6.45, 7) is 0. The van der Waals surface area contributed by atoms with Gasteiger partial charge in [0.05, 0.1) is 31.2 Å². The monoisotopic (exact) mass is 544 g/mol. The Kier molecular flexibility index (Phi) is 8.30. The second kappa shape index (κ2) is 12.6. The lowest BCUT2D eigenvalue weighted by Gasteiger charge is -2.14. The molecule has 2 N–H and O–H groups in total. The van der Waals surface area contributed by atoms with Gasteiger partial charge < -0.3 is 14.6 Å². The largest absolute Gasteiger partial charge is 0.497 e. The summed E-state index contributed by atoms with van der Waals surface area (Å²) in [4.78, 5) is 12.0. The number of nitrogens with zero attached hydrogens (tertiary/aromatic N) is 3. The average Bonchev–Trinajstić information content (AvgIpc) is 3.02. The topological polar surface area (TPSA) is 106 Å². The van der Waals surface area contributed by atoms with Crippen LogP contribution in [-0.2, 0) is 6.42 Å². The number of para-hydroxylation sites is 1. The van der Waals surface area contributed by atoms with E-state index in [9.17, 15) is 9.90 Å². The molecule has 0 fully saturated rings. The van der Waals surface area contributed by atoms with E-state index in [1.54, 1.807) is 38.5 Å². The van der Waals surface area contributed by atoms with Crippen molar-refractivity contribution in [3.63, 3.8) is 0 Å². The predicted octanol–water partition coefficient (Wildman–Crippen LogP) is 6.31. The van der Waals surface area contributed by atoms with Gasteiger partial charge in [-0.05, 0) is 48.0 Å². The van der Waals surface area contributed by atoms with Crippen molar-refractivity contribution in [2.45, 2.75) is 6.42 Å². The van der Waals surface area contributed by atoms with Gasteiger partial charge in [0.25, 0.3) is 0 Å². The van der Waals surface area contributed by atoms with E-state index in [1.165, 1.54) is 0 Å². The minimum atomic E-state index is -1.04. The Balaban J connectivity index is 1.60. The third-order valence-electron chi connectivity index (χ3n) is 6.57.